The first-order valence-corrected chi connectivity index (χ1v) is 6.54. The number of amides is 1. The number of anilines is 1. The Balaban J connectivity index is 2.32. The predicted molar refractivity (Wildman–Crippen MR) is 76.5 cm³/mol. The van der Waals surface area contributed by atoms with Crippen LogP contribution in [0, 0.1) is 18.3 Å². The minimum atomic E-state index is -0.181. The third-order valence-corrected chi connectivity index (χ3v) is 3.24. The van der Waals surface area contributed by atoms with E-state index >= 15 is 0 Å². The summed E-state index contributed by atoms with van der Waals surface area (Å²) in [6.45, 7) is 3.17. The Bertz CT molecular complexity index is 714. The summed E-state index contributed by atoms with van der Waals surface area (Å²) in [6.07, 6.45) is 0. The van der Waals surface area contributed by atoms with Crippen molar-refractivity contribution >= 4 is 33.8 Å². The zero-order chi connectivity index (χ0) is 14.5. The summed E-state index contributed by atoms with van der Waals surface area (Å²) in [5.41, 5.74) is 2.17. The van der Waals surface area contributed by atoms with E-state index in [2.05, 4.69) is 26.0 Å². The lowest BCUT2D eigenvalue weighted by Crippen LogP contribution is -2.05. The van der Waals surface area contributed by atoms with Crippen molar-refractivity contribution in [1.29, 1.82) is 5.26 Å². The van der Waals surface area contributed by atoms with Crippen molar-refractivity contribution in [3.63, 3.8) is 0 Å². The number of hydrogen-bond donors (Lipinski definition) is 1. The van der Waals surface area contributed by atoms with Gasteiger partial charge in [-0.05, 0) is 30.6 Å². The van der Waals surface area contributed by atoms with E-state index in [-0.39, 0.29) is 5.91 Å². The molecule has 20 heavy (non-hydrogen) atoms. The lowest BCUT2D eigenvalue weighted by molar-refractivity contribution is -0.114. The highest BCUT2D eigenvalue weighted by Gasteiger charge is 2.09. The number of aryl methyl sites for hydroxylation is 1. The third-order valence-electron chi connectivity index (χ3n) is 2.42. The lowest BCUT2D eigenvalue weighted by Gasteiger charge is -2.03. The fraction of sp³-hybridized carbons (Fsp3) is 0.154. The largest absolute Gasteiger partial charge is 0.324 e. The van der Waals surface area contributed by atoms with Gasteiger partial charge in [0, 0.05) is 6.92 Å². The summed E-state index contributed by atoms with van der Waals surface area (Å²) in [6, 6.07) is 9.11. The van der Waals surface area contributed by atoms with Gasteiger partial charge in [-0.25, -0.2) is 0 Å². The van der Waals surface area contributed by atoms with Crippen LogP contribution in [0.2, 0.25) is 0 Å². The number of para-hydroxylation sites is 1. The van der Waals surface area contributed by atoms with Crippen molar-refractivity contribution in [2.75, 3.05) is 5.32 Å². The number of rotatable bonds is 3. The van der Waals surface area contributed by atoms with Crippen LogP contribution < -0.4 is 5.32 Å². The molecule has 0 atom stereocenters. The molecule has 100 valence electrons. The maximum Gasteiger partial charge on any atom is 0.221 e. The molecule has 6 nitrogen and oxygen atoms in total. The van der Waals surface area contributed by atoms with Crippen molar-refractivity contribution in [3.05, 3.63) is 35.5 Å². The van der Waals surface area contributed by atoms with Gasteiger partial charge in [0.25, 0.3) is 0 Å². The van der Waals surface area contributed by atoms with Gasteiger partial charge in [0.1, 0.15) is 17.3 Å². The maximum atomic E-state index is 11.1. The number of carbonyl (C=O) groups is 1. The standard InChI is InChI=1S/C13H11N5OS/c1-8-10(7-14)13(20-18-8)17-16-12-6-4-3-5-11(12)15-9(2)19/h3-6H,1-2H3,(H,15,19). The van der Waals surface area contributed by atoms with Gasteiger partial charge in [-0.1, -0.05) is 12.1 Å². The third kappa shape index (κ3) is 3.05. The molecule has 1 N–H and O–H groups in total. The Morgan fingerprint density at radius 1 is 1.40 bits per heavy atom. The summed E-state index contributed by atoms with van der Waals surface area (Å²) >= 11 is 1.12. The van der Waals surface area contributed by atoms with E-state index in [1.54, 1.807) is 31.2 Å². The second kappa shape index (κ2) is 6.04. The molecule has 0 bridgehead atoms. The Morgan fingerprint density at radius 2 is 2.15 bits per heavy atom. The molecule has 0 unspecified atom stereocenters. The Labute approximate surface area is 120 Å². The van der Waals surface area contributed by atoms with E-state index in [1.165, 1.54) is 6.92 Å². The summed E-state index contributed by atoms with van der Waals surface area (Å²) in [7, 11) is 0. The number of nitriles is 1. The highest BCUT2D eigenvalue weighted by atomic mass is 32.1. The van der Waals surface area contributed by atoms with Crippen LogP contribution in [0.3, 0.4) is 0 Å². The molecule has 0 radical (unpaired) electrons. The molecule has 1 aromatic heterocycles. The Kier molecular flexibility index (Phi) is 4.17. The molecule has 2 rings (SSSR count). The number of azo groups is 1. The van der Waals surface area contributed by atoms with Crippen molar-refractivity contribution in [3.8, 4) is 6.07 Å². The van der Waals surface area contributed by atoms with E-state index in [1.807, 2.05) is 0 Å². The predicted octanol–water partition coefficient (Wildman–Crippen LogP) is 3.70. The van der Waals surface area contributed by atoms with Gasteiger partial charge in [-0.3, -0.25) is 4.79 Å². The van der Waals surface area contributed by atoms with Crippen LogP contribution in [0.25, 0.3) is 0 Å². The molecule has 0 saturated heterocycles. The molecule has 7 heteroatoms. The smallest absolute Gasteiger partial charge is 0.221 e. The van der Waals surface area contributed by atoms with Gasteiger partial charge in [0.05, 0.1) is 11.4 Å². The number of hydrogen-bond acceptors (Lipinski definition) is 6. The number of nitrogens with zero attached hydrogens (tertiary/aromatic N) is 4. The number of carbonyl (C=O) groups excluding carboxylic acids is 1. The van der Waals surface area contributed by atoms with Gasteiger partial charge in [-0.15, -0.1) is 10.2 Å². The topological polar surface area (TPSA) is 90.5 Å². The van der Waals surface area contributed by atoms with E-state index in [4.69, 9.17) is 5.26 Å². The molecule has 0 spiro atoms. The van der Waals surface area contributed by atoms with Gasteiger partial charge < -0.3 is 5.32 Å². The number of nitrogens with one attached hydrogen (secondary N) is 1. The summed E-state index contributed by atoms with van der Waals surface area (Å²) in [5.74, 6) is -0.181. The molecular formula is C13H11N5OS. The number of benzene rings is 1. The molecule has 1 heterocycles. The monoisotopic (exact) mass is 285 g/mol. The van der Waals surface area contributed by atoms with Gasteiger partial charge in [0.15, 0.2) is 5.00 Å². The van der Waals surface area contributed by atoms with E-state index in [0.717, 1.165) is 11.5 Å². The zero-order valence-corrected chi connectivity index (χ0v) is 11.7. The van der Waals surface area contributed by atoms with Gasteiger partial charge >= 0.3 is 0 Å². The average molecular weight is 285 g/mol. The highest BCUT2D eigenvalue weighted by Crippen LogP contribution is 2.31. The second-order valence-electron chi connectivity index (χ2n) is 3.96. The van der Waals surface area contributed by atoms with Crippen molar-refractivity contribution in [2.45, 2.75) is 13.8 Å². The molecule has 0 aliphatic rings. The Hall–Kier alpha value is -2.59. The fourth-order valence-corrected chi connectivity index (χ4v) is 2.19. The van der Waals surface area contributed by atoms with Crippen LogP contribution >= 0.6 is 11.5 Å². The quantitative estimate of drug-likeness (QED) is 0.872. The summed E-state index contributed by atoms with van der Waals surface area (Å²) < 4.78 is 4.07. The first-order chi connectivity index (χ1) is 9.61. The molecule has 0 aliphatic heterocycles. The SMILES string of the molecule is CC(=O)Nc1ccccc1N=Nc1snc(C)c1C#N. The van der Waals surface area contributed by atoms with Crippen LogP contribution in [0.15, 0.2) is 34.5 Å². The van der Waals surface area contributed by atoms with Crippen molar-refractivity contribution in [1.82, 2.24) is 4.37 Å². The van der Waals surface area contributed by atoms with Crippen LogP contribution in [-0.4, -0.2) is 10.3 Å². The van der Waals surface area contributed by atoms with Gasteiger partial charge in [0.2, 0.25) is 5.91 Å². The molecule has 1 amide bonds. The molecule has 1 aromatic carbocycles. The normalized spacial score (nSPS) is 10.4. The minimum Gasteiger partial charge on any atom is -0.324 e. The fourth-order valence-electron chi connectivity index (χ4n) is 1.51. The van der Waals surface area contributed by atoms with E-state index < -0.39 is 0 Å². The first kappa shape index (κ1) is 13.8. The zero-order valence-electron chi connectivity index (χ0n) is 10.9. The summed E-state index contributed by atoms with van der Waals surface area (Å²) in [5, 5.41) is 20.3. The van der Waals surface area contributed by atoms with Crippen LogP contribution in [0.1, 0.15) is 18.2 Å². The molecular weight excluding hydrogens is 274 g/mol. The summed E-state index contributed by atoms with van der Waals surface area (Å²) in [4.78, 5) is 11.1. The minimum absolute atomic E-state index is 0.181. The van der Waals surface area contributed by atoms with Gasteiger partial charge in [-0.2, -0.15) is 9.64 Å². The number of aromatic nitrogens is 1. The van der Waals surface area contributed by atoms with E-state index in [0.29, 0.717) is 27.6 Å². The van der Waals surface area contributed by atoms with Crippen molar-refractivity contribution in [2.24, 2.45) is 10.2 Å². The van der Waals surface area contributed by atoms with Crippen LogP contribution in [0.5, 0.6) is 0 Å². The molecule has 0 fully saturated rings. The second-order valence-corrected chi connectivity index (χ2v) is 4.71. The lowest BCUT2D eigenvalue weighted by atomic mass is 10.2. The van der Waals surface area contributed by atoms with Crippen LogP contribution in [-0.2, 0) is 4.79 Å². The Morgan fingerprint density at radius 3 is 2.85 bits per heavy atom. The molecule has 0 aliphatic carbocycles. The average Bonchev–Trinajstić information content (AvgIpc) is 2.77. The molecule has 0 saturated carbocycles. The molecule has 2 aromatic rings. The van der Waals surface area contributed by atoms with Crippen molar-refractivity contribution < 1.29 is 4.79 Å². The maximum absolute atomic E-state index is 11.1. The highest BCUT2D eigenvalue weighted by molar-refractivity contribution is 7.10. The first-order valence-electron chi connectivity index (χ1n) is 5.76. The van der Waals surface area contributed by atoms with E-state index in [9.17, 15) is 4.79 Å². The van der Waals surface area contributed by atoms with Crippen LogP contribution in [0.4, 0.5) is 16.4 Å².